The third-order valence-electron chi connectivity index (χ3n) is 4.97. The van der Waals surface area contributed by atoms with Crippen LogP contribution in [0.1, 0.15) is 35.6 Å². The van der Waals surface area contributed by atoms with E-state index in [2.05, 4.69) is 57.9 Å². The largest absolute Gasteiger partial charge is 0.497 e. The molecule has 2 aromatic carbocycles. The molecular weight excluding hydrogens is 324 g/mol. The fraction of sp³-hybridized carbons (Fsp3) is 0.333. The van der Waals surface area contributed by atoms with E-state index in [4.69, 9.17) is 4.74 Å². The summed E-state index contributed by atoms with van der Waals surface area (Å²) in [6.07, 6.45) is 0.960. The summed E-state index contributed by atoms with van der Waals surface area (Å²) in [6, 6.07) is 12.9. The smallest absolute Gasteiger partial charge is 0.133 e. The maximum absolute atomic E-state index is 5.31. The zero-order chi connectivity index (χ0) is 18.1. The molecule has 134 valence electrons. The van der Waals surface area contributed by atoms with Crippen LogP contribution in [0.2, 0.25) is 0 Å². The van der Waals surface area contributed by atoms with Crippen LogP contribution in [0.5, 0.6) is 5.75 Å². The van der Waals surface area contributed by atoms with Crippen LogP contribution in [-0.4, -0.2) is 23.6 Å². The molecule has 1 atom stereocenters. The molecule has 5 heteroatoms. The zero-order valence-electron chi connectivity index (χ0n) is 15.5. The van der Waals surface area contributed by atoms with Crippen molar-refractivity contribution in [2.45, 2.75) is 32.9 Å². The Balaban J connectivity index is 1.63. The normalized spacial score (nSPS) is 14.7. The molecule has 1 aliphatic rings. The van der Waals surface area contributed by atoms with E-state index in [1.54, 1.807) is 7.11 Å². The molecule has 1 aromatic heterocycles. The number of aryl methyl sites for hydroxylation is 1. The first-order chi connectivity index (χ1) is 12.6. The molecule has 0 aliphatic carbocycles. The number of anilines is 1. The molecule has 5 nitrogen and oxygen atoms in total. The Hall–Kier alpha value is -2.66. The predicted molar refractivity (Wildman–Crippen MR) is 105 cm³/mol. The van der Waals surface area contributed by atoms with E-state index in [-0.39, 0.29) is 6.04 Å². The highest BCUT2D eigenvalue weighted by molar-refractivity contribution is 5.84. The molecule has 0 saturated heterocycles. The van der Waals surface area contributed by atoms with Crippen molar-refractivity contribution in [2.24, 2.45) is 0 Å². The highest BCUT2D eigenvalue weighted by atomic mass is 16.5. The lowest BCUT2D eigenvalue weighted by atomic mass is 10.0. The van der Waals surface area contributed by atoms with Crippen LogP contribution in [-0.2, 0) is 13.0 Å². The molecule has 0 saturated carbocycles. The molecule has 0 spiro atoms. The van der Waals surface area contributed by atoms with Gasteiger partial charge in [-0.15, -0.1) is 0 Å². The number of hydrogen-bond acceptors (Lipinski definition) is 5. The summed E-state index contributed by atoms with van der Waals surface area (Å²) in [4.78, 5) is 9.26. The van der Waals surface area contributed by atoms with E-state index >= 15 is 0 Å². The van der Waals surface area contributed by atoms with E-state index < -0.39 is 0 Å². The van der Waals surface area contributed by atoms with E-state index in [1.165, 1.54) is 21.9 Å². The van der Waals surface area contributed by atoms with Gasteiger partial charge in [0.15, 0.2) is 0 Å². The summed E-state index contributed by atoms with van der Waals surface area (Å²) in [5.74, 6) is 2.66. The topological polar surface area (TPSA) is 59.1 Å². The van der Waals surface area contributed by atoms with Gasteiger partial charge in [0.25, 0.3) is 0 Å². The van der Waals surface area contributed by atoms with Crippen LogP contribution in [0, 0.1) is 6.92 Å². The van der Waals surface area contributed by atoms with Crippen LogP contribution in [0.4, 0.5) is 5.82 Å². The fourth-order valence-electron chi connectivity index (χ4n) is 3.53. The number of nitrogens with zero attached hydrogens (tertiary/aromatic N) is 2. The van der Waals surface area contributed by atoms with Gasteiger partial charge in [0.2, 0.25) is 0 Å². The van der Waals surface area contributed by atoms with Gasteiger partial charge in [0, 0.05) is 18.2 Å². The molecule has 0 amide bonds. The Bertz CT molecular complexity index is 954. The van der Waals surface area contributed by atoms with Crippen LogP contribution < -0.4 is 15.4 Å². The SMILES string of the molecule is COc1ccc2cc(C(C)Nc3nc(C)nc4c3CCNC4)ccc2c1. The number of nitrogens with one attached hydrogen (secondary N) is 2. The van der Waals surface area contributed by atoms with Gasteiger partial charge in [-0.1, -0.05) is 18.2 Å². The highest BCUT2D eigenvalue weighted by Gasteiger charge is 2.18. The summed E-state index contributed by atoms with van der Waals surface area (Å²) in [5.41, 5.74) is 3.59. The van der Waals surface area contributed by atoms with Gasteiger partial charge in [0.05, 0.1) is 12.8 Å². The number of rotatable bonds is 4. The minimum atomic E-state index is 0.162. The van der Waals surface area contributed by atoms with Crippen molar-refractivity contribution in [1.82, 2.24) is 15.3 Å². The summed E-state index contributed by atoms with van der Waals surface area (Å²) in [6.45, 7) is 5.92. The second-order valence-electron chi connectivity index (χ2n) is 6.81. The molecule has 0 radical (unpaired) electrons. The molecule has 1 aliphatic heterocycles. The van der Waals surface area contributed by atoms with Gasteiger partial charge >= 0.3 is 0 Å². The first-order valence-electron chi connectivity index (χ1n) is 9.05. The van der Waals surface area contributed by atoms with Crippen molar-refractivity contribution in [3.63, 3.8) is 0 Å². The maximum Gasteiger partial charge on any atom is 0.133 e. The first-order valence-corrected chi connectivity index (χ1v) is 9.05. The van der Waals surface area contributed by atoms with Crippen molar-refractivity contribution in [3.8, 4) is 5.75 Å². The van der Waals surface area contributed by atoms with Crippen LogP contribution >= 0.6 is 0 Å². The van der Waals surface area contributed by atoms with Gasteiger partial charge in [0.1, 0.15) is 17.4 Å². The predicted octanol–water partition coefficient (Wildman–Crippen LogP) is 3.77. The average molecular weight is 348 g/mol. The summed E-state index contributed by atoms with van der Waals surface area (Å²) in [5, 5.41) is 9.38. The summed E-state index contributed by atoms with van der Waals surface area (Å²) >= 11 is 0. The molecule has 2 N–H and O–H groups in total. The first kappa shape index (κ1) is 16.8. The minimum absolute atomic E-state index is 0.162. The Morgan fingerprint density at radius 3 is 2.77 bits per heavy atom. The molecular formula is C21H24N4O. The van der Waals surface area contributed by atoms with Crippen LogP contribution in [0.25, 0.3) is 10.8 Å². The summed E-state index contributed by atoms with van der Waals surface area (Å²) in [7, 11) is 1.70. The monoisotopic (exact) mass is 348 g/mol. The van der Waals surface area contributed by atoms with Crippen molar-refractivity contribution in [2.75, 3.05) is 19.0 Å². The Morgan fingerprint density at radius 1 is 1.12 bits per heavy atom. The molecule has 2 heterocycles. The van der Waals surface area contributed by atoms with Crippen molar-refractivity contribution in [1.29, 1.82) is 0 Å². The second kappa shape index (κ2) is 6.92. The number of fused-ring (bicyclic) bond motifs is 2. The standard InChI is InChI=1S/C21H24N4O/c1-13(15-4-5-17-11-18(26-3)7-6-16(17)10-15)23-21-19-8-9-22-12-20(19)24-14(2)25-21/h4-7,10-11,13,22H,8-9,12H2,1-3H3,(H,23,24,25). The molecule has 0 bridgehead atoms. The van der Waals surface area contributed by atoms with Gasteiger partial charge in [-0.3, -0.25) is 0 Å². The Morgan fingerprint density at radius 2 is 1.92 bits per heavy atom. The quantitative estimate of drug-likeness (QED) is 0.752. The van der Waals surface area contributed by atoms with E-state index in [0.717, 1.165) is 42.6 Å². The summed E-state index contributed by atoms with van der Waals surface area (Å²) < 4.78 is 5.31. The molecule has 3 aromatic rings. The highest BCUT2D eigenvalue weighted by Crippen LogP contribution is 2.28. The van der Waals surface area contributed by atoms with Crippen molar-refractivity contribution < 1.29 is 4.74 Å². The number of benzene rings is 2. The van der Waals surface area contributed by atoms with E-state index in [1.807, 2.05) is 13.0 Å². The Labute approximate surface area is 153 Å². The van der Waals surface area contributed by atoms with Gasteiger partial charge in [-0.2, -0.15) is 0 Å². The van der Waals surface area contributed by atoms with E-state index in [0.29, 0.717) is 0 Å². The third-order valence-corrected chi connectivity index (χ3v) is 4.97. The molecule has 4 rings (SSSR count). The van der Waals surface area contributed by atoms with Crippen LogP contribution in [0.15, 0.2) is 36.4 Å². The average Bonchev–Trinajstić information content (AvgIpc) is 2.67. The number of hydrogen-bond donors (Lipinski definition) is 2. The van der Waals surface area contributed by atoms with Gasteiger partial charge < -0.3 is 15.4 Å². The van der Waals surface area contributed by atoms with Crippen molar-refractivity contribution >= 4 is 16.6 Å². The lowest BCUT2D eigenvalue weighted by Gasteiger charge is -2.23. The van der Waals surface area contributed by atoms with Crippen LogP contribution in [0.3, 0.4) is 0 Å². The molecule has 0 fully saturated rings. The van der Waals surface area contributed by atoms with E-state index in [9.17, 15) is 0 Å². The van der Waals surface area contributed by atoms with Gasteiger partial charge in [-0.25, -0.2) is 9.97 Å². The zero-order valence-corrected chi connectivity index (χ0v) is 15.5. The van der Waals surface area contributed by atoms with Gasteiger partial charge in [-0.05, 0) is 61.3 Å². The second-order valence-corrected chi connectivity index (χ2v) is 6.81. The fourth-order valence-corrected chi connectivity index (χ4v) is 3.53. The lowest BCUT2D eigenvalue weighted by Crippen LogP contribution is -2.27. The number of aromatic nitrogens is 2. The number of ether oxygens (including phenoxy) is 1. The Kier molecular flexibility index (Phi) is 4.47. The minimum Gasteiger partial charge on any atom is -0.497 e. The third kappa shape index (κ3) is 3.22. The lowest BCUT2D eigenvalue weighted by molar-refractivity contribution is 0.415. The maximum atomic E-state index is 5.31. The molecule has 1 unspecified atom stereocenters. The molecule has 26 heavy (non-hydrogen) atoms. The van der Waals surface area contributed by atoms with Crippen molar-refractivity contribution in [3.05, 3.63) is 59.0 Å². The number of methoxy groups -OCH3 is 1.